The molecule has 5 heteroatoms. The van der Waals surface area contributed by atoms with E-state index in [4.69, 9.17) is 0 Å². The molecule has 0 atom stereocenters. The maximum atomic E-state index is 13.3. The Morgan fingerprint density at radius 2 is 1.79 bits per heavy atom. The molecular formula is C28H32N2O3. The molecule has 5 nitrogen and oxygen atoms in total. The molecule has 2 aromatic carbocycles. The number of nitrogens with zero attached hydrogens (tertiary/aromatic N) is 2. The van der Waals surface area contributed by atoms with Gasteiger partial charge in [0.25, 0.3) is 0 Å². The summed E-state index contributed by atoms with van der Waals surface area (Å²) >= 11 is 0. The van der Waals surface area contributed by atoms with Crippen molar-refractivity contribution < 1.29 is 9.90 Å². The molecule has 0 amide bonds. The van der Waals surface area contributed by atoms with E-state index in [1.165, 1.54) is 32.1 Å². The van der Waals surface area contributed by atoms with E-state index in [0.29, 0.717) is 18.0 Å². The van der Waals surface area contributed by atoms with Crippen LogP contribution in [0.25, 0.3) is 17.2 Å². The molecule has 0 bridgehead atoms. The van der Waals surface area contributed by atoms with Crippen molar-refractivity contribution in [3.05, 3.63) is 88.1 Å². The summed E-state index contributed by atoms with van der Waals surface area (Å²) < 4.78 is 3.73. The smallest absolute Gasteiger partial charge is 0.336 e. The number of allylic oxidation sites excluding steroid dienone is 1. The minimum Gasteiger partial charge on any atom is -0.478 e. The van der Waals surface area contributed by atoms with Gasteiger partial charge in [0.1, 0.15) is 0 Å². The van der Waals surface area contributed by atoms with Crippen LogP contribution in [0.5, 0.6) is 0 Å². The van der Waals surface area contributed by atoms with E-state index in [0.717, 1.165) is 29.8 Å². The molecule has 4 rings (SSSR count). The van der Waals surface area contributed by atoms with Crippen molar-refractivity contribution in [3.8, 4) is 11.1 Å². The van der Waals surface area contributed by atoms with Gasteiger partial charge in [0, 0.05) is 12.7 Å². The number of carboxylic acids is 1. The minimum absolute atomic E-state index is 0.0385. The molecular weight excluding hydrogens is 412 g/mol. The van der Waals surface area contributed by atoms with Gasteiger partial charge in [-0.05, 0) is 54.0 Å². The summed E-state index contributed by atoms with van der Waals surface area (Å²) in [7, 11) is 0. The van der Waals surface area contributed by atoms with Crippen molar-refractivity contribution in [2.24, 2.45) is 5.92 Å². The average molecular weight is 445 g/mol. The monoisotopic (exact) mass is 444 g/mol. The summed E-state index contributed by atoms with van der Waals surface area (Å²) in [6, 6.07) is 14.8. The average Bonchev–Trinajstić information content (AvgIpc) is 3.13. The lowest BCUT2D eigenvalue weighted by Gasteiger charge is -2.21. The molecule has 1 aromatic heterocycles. The van der Waals surface area contributed by atoms with Crippen LogP contribution in [0.3, 0.4) is 0 Å². The van der Waals surface area contributed by atoms with Crippen LogP contribution in [-0.4, -0.2) is 20.2 Å². The van der Waals surface area contributed by atoms with Crippen LogP contribution >= 0.6 is 0 Å². The first kappa shape index (κ1) is 22.8. The minimum atomic E-state index is -0.937. The molecule has 1 N–H and O–H groups in total. The Kier molecular flexibility index (Phi) is 7.28. The standard InChI is InChI=1S/C28H32N2O3/c1-2-3-11-24-20-29(18-21-9-5-4-6-10-21)28(33)30(24)19-22-14-16-23(17-15-22)25-12-7-8-13-26(25)27(31)32/h3,7-8,11-17,20-21H,2,4-6,9-10,18-19H2,1H3,(H,31,32). The number of rotatable bonds is 8. The third-order valence-electron chi connectivity index (χ3n) is 6.54. The van der Waals surface area contributed by atoms with Gasteiger partial charge in [0.15, 0.2) is 0 Å². The van der Waals surface area contributed by atoms with Crippen molar-refractivity contribution in [1.82, 2.24) is 9.13 Å². The first-order chi connectivity index (χ1) is 16.1. The highest BCUT2D eigenvalue weighted by molar-refractivity contribution is 5.95. The number of aromatic carboxylic acids is 1. The van der Waals surface area contributed by atoms with Gasteiger partial charge in [0.2, 0.25) is 0 Å². The number of carboxylic acid groups (broad SMARTS) is 1. The fourth-order valence-electron chi connectivity index (χ4n) is 4.75. The Morgan fingerprint density at radius 1 is 1.06 bits per heavy atom. The van der Waals surface area contributed by atoms with Crippen LogP contribution in [0.4, 0.5) is 0 Å². The Labute approximate surface area is 195 Å². The lowest BCUT2D eigenvalue weighted by molar-refractivity contribution is 0.0697. The highest BCUT2D eigenvalue weighted by atomic mass is 16.4. The van der Waals surface area contributed by atoms with Crippen molar-refractivity contribution in [2.75, 3.05) is 0 Å². The van der Waals surface area contributed by atoms with E-state index in [1.54, 1.807) is 12.1 Å². The van der Waals surface area contributed by atoms with Gasteiger partial charge >= 0.3 is 11.7 Å². The van der Waals surface area contributed by atoms with Crippen LogP contribution in [0.2, 0.25) is 0 Å². The number of aromatic nitrogens is 2. The van der Waals surface area contributed by atoms with E-state index in [-0.39, 0.29) is 11.3 Å². The van der Waals surface area contributed by atoms with Crippen LogP contribution in [0.15, 0.2) is 65.6 Å². The summed E-state index contributed by atoms with van der Waals surface area (Å²) in [6.07, 6.45) is 13.3. The first-order valence-corrected chi connectivity index (χ1v) is 11.9. The van der Waals surface area contributed by atoms with Crippen LogP contribution in [0, 0.1) is 5.92 Å². The summed E-state index contributed by atoms with van der Waals surface area (Å²) in [5.41, 5.74) is 3.81. The van der Waals surface area contributed by atoms with Gasteiger partial charge in [-0.15, -0.1) is 0 Å². The van der Waals surface area contributed by atoms with Gasteiger partial charge in [-0.2, -0.15) is 0 Å². The normalized spacial score (nSPS) is 14.7. The predicted octanol–water partition coefficient (Wildman–Crippen LogP) is 6.07. The van der Waals surface area contributed by atoms with E-state index in [1.807, 2.05) is 57.8 Å². The molecule has 1 heterocycles. The lowest BCUT2D eigenvalue weighted by atomic mass is 9.89. The lowest BCUT2D eigenvalue weighted by Crippen LogP contribution is -2.28. The Hall–Kier alpha value is -3.34. The third-order valence-corrected chi connectivity index (χ3v) is 6.54. The molecule has 0 saturated heterocycles. The second kappa shape index (κ2) is 10.5. The zero-order chi connectivity index (χ0) is 23.2. The zero-order valence-electron chi connectivity index (χ0n) is 19.2. The van der Waals surface area contributed by atoms with Crippen LogP contribution < -0.4 is 5.69 Å². The SMILES string of the molecule is CCC=Cc1cn(CC2CCCCC2)c(=O)n1Cc1ccc(-c2ccccc2C(=O)O)cc1. The molecule has 1 aliphatic rings. The highest BCUT2D eigenvalue weighted by Crippen LogP contribution is 2.26. The summed E-state index contributed by atoms with van der Waals surface area (Å²) in [4.78, 5) is 24.8. The summed E-state index contributed by atoms with van der Waals surface area (Å²) in [5.74, 6) is -0.350. The molecule has 1 fully saturated rings. The van der Waals surface area contributed by atoms with Crippen LogP contribution in [-0.2, 0) is 13.1 Å². The van der Waals surface area contributed by atoms with Gasteiger partial charge in [-0.25, -0.2) is 9.59 Å². The third kappa shape index (κ3) is 5.36. The van der Waals surface area contributed by atoms with Crippen molar-refractivity contribution in [3.63, 3.8) is 0 Å². The maximum absolute atomic E-state index is 13.3. The molecule has 1 aliphatic carbocycles. The number of hydrogen-bond donors (Lipinski definition) is 1. The molecule has 0 aliphatic heterocycles. The quantitative estimate of drug-likeness (QED) is 0.459. The number of imidazole rings is 1. The van der Waals surface area contributed by atoms with Crippen molar-refractivity contribution in [1.29, 1.82) is 0 Å². The Morgan fingerprint density at radius 3 is 2.48 bits per heavy atom. The van der Waals surface area contributed by atoms with E-state index in [2.05, 4.69) is 13.0 Å². The van der Waals surface area contributed by atoms with Gasteiger partial charge in [0.05, 0.1) is 17.8 Å². The topological polar surface area (TPSA) is 64.2 Å². The molecule has 0 radical (unpaired) electrons. The Bertz CT molecular complexity index is 1180. The van der Waals surface area contributed by atoms with Crippen molar-refractivity contribution >= 4 is 12.0 Å². The fourth-order valence-corrected chi connectivity index (χ4v) is 4.75. The molecule has 3 aromatic rings. The van der Waals surface area contributed by atoms with Gasteiger partial charge < -0.3 is 5.11 Å². The molecule has 33 heavy (non-hydrogen) atoms. The zero-order valence-corrected chi connectivity index (χ0v) is 19.2. The van der Waals surface area contributed by atoms with Crippen molar-refractivity contribution in [2.45, 2.75) is 58.5 Å². The molecule has 0 unspecified atom stereocenters. The predicted molar refractivity (Wildman–Crippen MR) is 133 cm³/mol. The van der Waals surface area contributed by atoms with Gasteiger partial charge in [-0.3, -0.25) is 9.13 Å². The largest absolute Gasteiger partial charge is 0.478 e. The summed E-state index contributed by atoms with van der Waals surface area (Å²) in [6.45, 7) is 3.37. The highest BCUT2D eigenvalue weighted by Gasteiger charge is 2.17. The van der Waals surface area contributed by atoms with E-state index < -0.39 is 5.97 Å². The Balaban J connectivity index is 1.59. The molecule has 1 saturated carbocycles. The first-order valence-electron chi connectivity index (χ1n) is 11.9. The van der Waals surface area contributed by atoms with Gasteiger partial charge in [-0.1, -0.05) is 74.7 Å². The summed E-state index contributed by atoms with van der Waals surface area (Å²) in [5, 5.41) is 9.48. The fraction of sp³-hybridized carbons (Fsp3) is 0.357. The van der Waals surface area contributed by atoms with E-state index in [9.17, 15) is 14.7 Å². The molecule has 172 valence electrons. The number of benzene rings is 2. The molecule has 0 spiro atoms. The number of hydrogen-bond acceptors (Lipinski definition) is 2. The van der Waals surface area contributed by atoms with E-state index >= 15 is 0 Å². The second-order valence-electron chi connectivity index (χ2n) is 8.94. The second-order valence-corrected chi connectivity index (χ2v) is 8.94. The maximum Gasteiger partial charge on any atom is 0.336 e. The number of carbonyl (C=O) groups is 1. The van der Waals surface area contributed by atoms with Crippen LogP contribution in [0.1, 0.15) is 67.1 Å².